The molecular weight excluding hydrogens is 657 g/mol. The molecule has 0 unspecified atom stereocenters. The summed E-state index contributed by atoms with van der Waals surface area (Å²) in [6, 6.07) is 24.9. The van der Waals surface area contributed by atoms with Gasteiger partial charge in [-0.05, 0) is 89.6 Å². The van der Waals surface area contributed by atoms with Crippen molar-refractivity contribution in [1.82, 2.24) is 19.8 Å². The van der Waals surface area contributed by atoms with Gasteiger partial charge < -0.3 is 19.1 Å². The van der Waals surface area contributed by atoms with Gasteiger partial charge in [-0.2, -0.15) is 0 Å². The summed E-state index contributed by atoms with van der Waals surface area (Å²) in [5.41, 5.74) is 8.56. The molecule has 0 atom stereocenters. The lowest BCUT2D eigenvalue weighted by Gasteiger charge is -2.34. The second-order valence-electron chi connectivity index (χ2n) is 13.2. The second kappa shape index (κ2) is 17.3. The third-order valence-corrected chi connectivity index (χ3v) is 9.75. The first-order chi connectivity index (χ1) is 24.8. The number of thiazole rings is 1. The predicted molar refractivity (Wildman–Crippen MR) is 204 cm³/mol. The molecule has 3 aromatic carbocycles. The quantitative estimate of drug-likeness (QED) is 0.107. The van der Waals surface area contributed by atoms with Crippen LogP contribution < -0.4 is 14.2 Å². The van der Waals surface area contributed by atoms with Gasteiger partial charge in [0.05, 0.1) is 23.2 Å². The number of rotatable bonds is 14. The van der Waals surface area contributed by atoms with Crippen molar-refractivity contribution in [3.05, 3.63) is 135 Å². The summed E-state index contributed by atoms with van der Waals surface area (Å²) in [4.78, 5) is 27.0. The maximum absolute atomic E-state index is 13.1. The van der Waals surface area contributed by atoms with E-state index in [0.29, 0.717) is 43.9 Å². The minimum absolute atomic E-state index is 0.0366. The lowest BCUT2D eigenvalue weighted by molar-refractivity contribution is -0.127. The van der Waals surface area contributed by atoms with Gasteiger partial charge in [-0.15, -0.1) is 11.3 Å². The van der Waals surface area contributed by atoms with Gasteiger partial charge in [0.1, 0.15) is 23.9 Å². The van der Waals surface area contributed by atoms with Crippen molar-refractivity contribution in [1.29, 1.82) is 0 Å². The van der Waals surface area contributed by atoms with Crippen LogP contribution in [0.25, 0.3) is 6.08 Å². The summed E-state index contributed by atoms with van der Waals surface area (Å²) in [6.07, 6.45) is 7.90. The minimum Gasteiger partial charge on any atom is -0.493 e. The molecule has 264 valence electrons. The number of piperazine rings is 1. The largest absolute Gasteiger partial charge is 0.493 e. The van der Waals surface area contributed by atoms with Crippen LogP contribution in [0, 0.1) is 13.8 Å². The number of hydrogen-bond donors (Lipinski definition) is 0. The molecule has 3 heterocycles. The van der Waals surface area contributed by atoms with Gasteiger partial charge in [-0.1, -0.05) is 50.2 Å². The van der Waals surface area contributed by atoms with Crippen molar-refractivity contribution in [2.24, 2.45) is 0 Å². The Hall–Kier alpha value is -4.99. The Balaban J connectivity index is 0.923. The molecule has 9 heteroatoms. The monoisotopic (exact) mass is 702 g/mol. The van der Waals surface area contributed by atoms with Crippen LogP contribution in [0.5, 0.6) is 23.1 Å². The molecule has 2 aromatic heterocycles. The Bertz CT molecular complexity index is 1860. The Morgan fingerprint density at radius 3 is 2.22 bits per heavy atom. The van der Waals surface area contributed by atoms with E-state index in [4.69, 9.17) is 14.2 Å². The average molecular weight is 703 g/mol. The van der Waals surface area contributed by atoms with Crippen LogP contribution in [0.3, 0.4) is 0 Å². The molecule has 51 heavy (non-hydrogen) atoms. The predicted octanol–water partition coefficient (Wildman–Crippen LogP) is 8.63. The van der Waals surface area contributed by atoms with E-state index in [1.165, 1.54) is 16.7 Å². The highest BCUT2D eigenvalue weighted by molar-refractivity contribution is 7.09. The van der Waals surface area contributed by atoms with E-state index in [0.717, 1.165) is 59.1 Å². The fourth-order valence-corrected chi connectivity index (χ4v) is 6.54. The van der Waals surface area contributed by atoms with Gasteiger partial charge in [0.25, 0.3) is 0 Å². The van der Waals surface area contributed by atoms with Crippen molar-refractivity contribution < 1.29 is 19.0 Å². The normalized spacial score (nSPS) is 13.5. The summed E-state index contributed by atoms with van der Waals surface area (Å²) < 4.78 is 17.9. The van der Waals surface area contributed by atoms with Gasteiger partial charge in [0.2, 0.25) is 11.8 Å². The fraction of sp³-hybridized carbons (Fsp3) is 0.310. The molecular formula is C42H46N4O4S. The average Bonchev–Trinajstić information content (AvgIpc) is 3.67. The van der Waals surface area contributed by atoms with Gasteiger partial charge in [-0.3, -0.25) is 14.7 Å². The SMILES string of the molecule is Cc1cc(C=CC(=O)N2CCN(Cc3ccc(CCOc4ccc(C(C)C)cc4)cc3)CC2)cc(C)c1Oc1ccc(OCc2cncs2)cn1. The highest BCUT2D eigenvalue weighted by Crippen LogP contribution is 2.30. The second-order valence-corrected chi connectivity index (χ2v) is 14.2. The van der Waals surface area contributed by atoms with E-state index < -0.39 is 0 Å². The van der Waals surface area contributed by atoms with E-state index in [2.05, 4.69) is 77.2 Å². The smallest absolute Gasteiger partial charge is 0.246 e. The van der Waals surface area contributed by atoms with Crippen molar-refractivity contribution in [2.75, 3.05) is 32.8 Å². The summed E-state index contributed by atoms with van der Waals surface area (Å²) in [7, 11) is 0. The maximum atomic E-state index is 13.1. The van der Waals surface area contributed by atoms with Gasteiger partial charge >= 0.3 is 0 Å². The third-order valence-electron chi connectivity index (χ3n) is 9.00. The molecule has 1 saturated heterocycles. The standard InChI is InChI=1S/C42H46N4O4S/c1-30(2)36-10-12-37(13-11-36)48-22-17-33-5-7-34(8-6-33)27-45-18-20-46(21-19-45)41(47)16-9-35-23-31(3)42(32(4)24-35)50-40-15-14-38(25-44-40)49-28-39-26-43-29-51-39/h5-16,23-26,29-30H,17-22,27-28H2,1-4H3. The van der Waals surface area contributed by atoms with Crippen LogP contribution in [-0.4, -0.2) is 58.5 Å². The van der Waals surface area contributed by atoms with Gasteiger partial charge in [-0.25, -0.2) is 4.98 Å². The number of benzene rings is 3. The summed E-state index contributed by atoms with van der Waals surface area (Å²) in [5.74, 6) is 3.39. The highest BCUT2D eigenvalue weighted by atomic mass is 32.1. The van der Waals surface area contributed by atoms with E-state index >= 15 is 0 Å². The minimum atomic E-state index is 0.0366. The van der Waals surface area contributed by atoms with Crippen LogP contribution in [0.15, 0.2) is 96.8 Å². The molecule has 0 spiro atoms. The van der Waals surface area contributed by atoms with Crippen LogP contribution in [0.2, 0.25) is 0 Å². The van der Waals surface area contributed by atoms with Crippen molar-refractivity contribution in [3.8, 4) is 23.1 Å². The molecule has 5 aromatic rings. The summed E-state index contributed by atoms with van der Waals surface area (Å²) in [6.45, 7) is 13.5. The Morgan fingerprint density at radius 1 is 0.863 bits per heavy atom. The molecule has 1 amide bonds. The van der Waals surface area contributed by atoms with E-state index in [9.17, 15) is 4.79 Å². The maximum Gasteiger partial charge on any atom is 0.246 e. The lowest BCUT2D eigenvalue weighted by Crippen LogP contribution is -2.47. The van der Waals surface area contributed by atoms with Crippen LogP contribution >= 0.6 is 11.3 Å². The first kappa shape index (κ1) is 35.8. The molecule has 0 aliphatic carbocycles. The number of aryl methyl sites for hydroxylation is 2. The van der Waals surface area contributed by atoms with Crippen LogP contribution in [0.4, 0.5) is 0 Å². The van der Waals surface area contributed by atoms with Crippen LogP contribution in [0.1, 0.15) is 58.0 Å². The Kier molecular flexibility index (Phi) is 12.1. The van der Waals surface area contributed by atoms with Crippen molar-refractivity contribution in [3.63, 3.8) is 0 Å². The Labute approximate surface area is 305 Å². The van der Waals surface area contributed by atoms with E-state index in [1.807, 2.05) is 43.0 Å². The summed E-state index contributed by atoms with van der Waals surface area (Å²) >= 11 is 1.55. The highest BCUT2D eigenvalue weighted by Gasteiger charge is 2.20. The number of carbonyl (C=O) groups is 1. The molecule has 8 nitrogen and oxygen atoms in total. The fourth-order valence-electron chi connectivity index (χ4n) is 6.03. The third kappa shape index (κ3) is 10.3. The first-order valence-corrected chi connectivity index (χ1v) is 18.4. The molecule has 0 bridgehead atoms. The number of nitrogens with zero attached hydrogens (tertiary/aromatic N) is 4. The Morgan fingerprint density at radius 2 is 1.57 bits per heavy atom. The molecule has 1 aliphatic rings. The zero-order chi connectivity index (χ0) is 35.6. The molecule has 0 N–H and O–H groups in total. The van der Waals surface area contributed by atoms with E-state index in [1.54, 1.807) is 41.4 Å². The van der Waals surface area contributed by atoms with Crippen LogP contribution in [-0.2, 0) is 24.4 Å². The van der Waals surface area contributed by atoms with Gasteiger partial charge in [0, 0.05) is 57.5 Å². The number of amides is 1. The number of ether oxygens (including phenoxy) is 3. The zero-order valence-corrected chi connectivity index (χ0v) is 30.7. The number of carbonyl (C=O) groups excluding carboxylic acids is 1. The molecule has 0 saturated carbocycles. The molecule has 0 radical (unpaired) electrons. The first-order valence-electron chi connectivity index (χ1n) is 17.5. The van der Waals surface area contributed by atoms with Crippen molar-refractivity contribution >= 4 is 23.3 Å². The molecule has 1 aliphatic heterocycles. The number of hydrogen-bond acceptors (Lipinski definition) is 8. The lowest BCUT2D eigenvalue weighted by atomic mass is 10.0. The summed E-state index contributed by atoms with van der Waals surface area (Å²) in [5, 5.41) is 0. The molecule has 1 fully saturated rings. The van der Waals surface area contributed by atoms with Crippen molar-refractivity contribution in [2.45, 2.75) is 53.2 Å². The number of aromatic nitrogens is 2. The topological polar surface area (TPSA) is 77.0 Å². The molecule has 6 rings (SSSR count). The zero-order valence-electron chi connectivity index (χ0n) is 29.9. The van der Waals surface area contributed by atoms with E-state index in [-0.39, 0.29) is 5.91 Å². The van der Waals surface area contributed by atoms with Gasteiger partial charge in [0.15, 0.2) is 0 Å². The number of pyridine rings is 1.